The fourth-order valence-corrected chi connectivity index (χ4v) is 3.80. The summed E-state index contributed by atoms with van der Waals surface area (Å²) in [6, 6.07) is 6.41. The van der Waals surface area contributed by atoms with Crippen molar-refractivity contribution in [1.82, 2.24) is 20.2 Å². The smallest absolute Gasteiger partial charge is 0.263 e. The molecule has 1 saturated heterocycles. The molecule has 0 bridgehead atoms. The summed E-state index contributed by atoms with van der Waals surface area (Å²) in [6.45, 7) is 3.92. The highest BCUT2D eigenvalue weighted by molar-refractivity contribution is 5.81. The molecule has 0 spiro atoms. The van der Waals surface area contributed by atoms with Gasteiger partial charge in [0.1, 0.15) is 5.82 Å². The third-order valence-electron chi connectivity index (χ3n) is 5.39. The molecule has 0 saturated carbocycles. The number of fused-ring (bicyclic) bond motifs is 1. The van der Waals surface area contributed by atoms with E-state index in [4.69, 9.17) is 9.72 Å². The van der Waals surface area contributed by atoms with E-state index in [0.717, 1.165) is 36.5 Å². The van der Waals surface area contributed by atoms with Crippen LogP contribution in [0.3, 0.4) is 0 Å². The number of carbonyl (C=O) groups excluding carboxylic acids is 1. The summed E-state index contributed by atoms with van der Waals surface area (Å²) >= 11 is 0. The van der Waals surface area contributed by atoms with E-state index in [1.165, 1.54) is 6.07 Å². The van der Waals surface area contributed by atoms with E-state index < -0.39 is 11.9 Å². The molecule has 2 aliphatic rings. The Balaban J connectivity index is 1.45. The van der Waals surface area contributed by atoms with E-state index in [-0.39, 0.29) is 17.7 Å². The van der Waals surface area contributed by atoms with Crippen LogP contribution < -0.4 is 10.1 Å². The van der Waals surface area contributed by atoms with Crippen LogP contribution in [0.5, 0.6) is 5.75 Å². The minimum Gasteiger partial charge on any atom is -0.478 e. The summed E-state index contributed by atoms with van der Waals surface area (Å²) in [5.74, 6) is 0.375. The molecule has 1 amide bonds. The van der Waals surface area contributed by atoms with Gasteiger partial charge in [0.2, 0.25) is 0 Å². The molecule has 2 aromatic rings. The number of aromatic nitrogens is 2. The second kappa shape index (κ2) is 8.22. The maximum Gasteiger partial charge on any atom is 0.263 e. The van der Waals surface area contributed by atoms with Crippen LogP contribution in [0, 0.1) is 5.82 Å². The number of nitrogens with one attached hydrogen (secondary N) is 1. The molecule has 3 heterocycles. The summed E-state index contributed by atoms with van der Waals surface area (Å²) in [6.07, 6.45) is 4.51. The molecule has 1 aromatic heterocycles. The predicted octanol–water partition coefficient (Wildman–Crippen LogP) is 2.78. The summed E-state index contributed by atoms with van der Waals surface area (Å²) in [7, 11) is 0. The number of hydrogen-bond donors (Lipinski definition) is 1. The van der Waals surface area contributed by atoms with Crippen molar-refractivity contribution < 1.29 is 13.9 Å². The number of carbonyl (C=O) groups is 1. The third kappa shape index (κ3) is 3.85. The Morgan fingerprint density at radius 3 is 3.04 bits per heavy atom. The van der Waals surface area contributed by atoms with Crippen molar-refractivity contribution in [3.05, 3.63) is 53.4 Å². The Hall–Kier alpha value is -2.54. The van der Waals surface area contributed by atoms with Crippen LogP contribution in [0.15, 0.2) is 30.5 Å². The molecule has 6 nitrogen and oxygen atoms in total. The Labute approximate surface area is 164 Å². The first kappa shape index (κ1) is 18.8. The molecule has 28 heavy (non-hydrogen) atoms. The van der Waals surface area contributed by atoms with E-state index in [2.05, 4.69) is 10.3 Å². The minimum atomic E-state index is -0.707. The zero-order valence-corrected chi connectivity index (χ0v) is 16.0. The first-order valence-corrected chi connectivity index (χ1v) is 9.93. The van der Waals surface area contributed by atoms with Crippen molar-refractivity contribution in [2.75, 3.05) is 13.1 Å². The Kier molecular flexibility index (Phi) is 5.52. The molecule has 2 atom stereocenters. The average Bonchev–Trinajstić information content (AvgIpc) is 3.27. The highest BCUT2D eigenvalue weighted by atomic mass is 19.1. The van der Waals surface area contributed by atoms with Gasteiger partial charge in [0.05, 0.1) is 11.7 Å². The summed E-state index contributed by atoms with van der Waals surface area (Å²) in [4.78, 5) is 24.0. The number of para-hydroxylation sites is 1. The third-order valence-corrected chi connectivity index (χ3v) is 5.39. The highest BCUT2D eigenvalue weighted by Crippen LogP contribution is 2.24. The molecule has 0 unspecified atom stereocenters. The molecular formula is C21H25FN4O2. The molecule has 1 N–H and O–H groups in total. The number of nitrogens with zero attached hydrogens (tertiary/aromatic N) is 3. The molecule has 7 heteroatoms. The molecular weight excluding hydrogens is 359 g/mol. The predicted molar refractivity (Wildman–Crippen MR) is 102 cm³/mol. The first-order valence-electron chi connectivity index (χ1n) is 9.93. The van der Waals surface area contributed by atoms with Crippen molar-refractivity contribution >= 4 is 5.91 Å². The first-order chi connectivity index (χ1) is 13.7. The molecule has 1 aromatic carbocycles. The van der Waals surface area contributed by atoms with Gasteiger partial charge in [-0.3, -0.25) is 4.79 Å². The Bertz CT molecular complexity index is 854. The quantitative estimate of drug-likeness (QED) is 0.859. The maximum atomic E-state index is 13.9. The van der Waals surface area contributed by atoms with Crippen molar-refractivity contribution in [1.29, 1.82) is 0 Å². The Morgan fingerprint density at radius 2 is 2.29 bits per heavy atom. The van der Waals surface area contributed by atoms with Gasteiger partial charge in [-0.25, -0.2) is 14.4 Å². The van der Waals surface area contributed by atoms with Crippen LogP contribution in [0.25, 0.3) is 0 Å². The standard InChI is InChI=1S/C21H25FN4O2/c1-2-18(28-19-8-4-3-6-15(19)22)21(27)26-11-9-16-14(13-26)12-24-20(25-16)17-7-5-10-23-17/h3-4,6,8,12,17-18,23H,2,5,7,9-11,13H2,1H3/t17-,18+/m1/s1. The van der Waals surface area contributed by atoms with Crippen LogP contribution in [0.2, 0.25) is 0 Å². The number of ether oxygens (including phenoxy) is 1. The van der Waals surface area contributed by atoms with Crippen molar-refractivity contribution in [2.45, 2.75) is 51.3 Å². The van der Waals surface area contributed by atoms with E-state index in [0.29, 0.717) is 25.9 Å². The van der Waals surface area contributed by atoms with Crippen LogP contribution in [-0.2, 0) is 17.8 Å². The van der Waals surface area contributed by atoms with Gasteiger partial charge in [0.25, 0.3) is 5.91 Å². The molecule has 2 aliphatic heterocycles. The number of benzene rings is 1. The van der Waals surface area contributed by atoms with Gasteiger partial charge in [0.15, 0.2) is 17.7 Å². The van der Waals surface area contributed by atoms with Crippen LogP contribution in [0.1, 0.15) is 49.3 Å². The van der Waals surface area contributed by atoms with Crippen molar-refractivity contribution in [3.63, 3.8) is 0 Å². The van der Waals surface area contributed by atoms with E-state index in [9.17, 15) is 9.18 Å². The van der Waals surface area contributed by atoms with Crippen molar-refractivity contribution in [3.8, 4) is 5.75 Å². The van der Waals surface area contributed by atoms with Gasteiger partial charge in [-0.1, -0.05) is 19.1 Å². The molecule has 0 aliphatic carbocycles. The number of halogens is 1. The molecule has 148 valence electrons. The normalized spacial score (nSPS) is 19.9. The Morgan fingerprint density at radius 1 is 1.43 bits per heavy atom. The largest absolute Gasteiger partial charge is 0.478 e. The van der Waals surface area contributed by atoms with Gasteiger partial charge >= 0.3 is 0 Å². The van der Waals surface area contributed by atoms with Crippen LogP contribution in [-0.4, -0.2) is 40.0 Å². The van der Waals surface area contributed by atoms with Gasteiger partial charge in [-0.05, 0) is 37.9 Å². The lowest BCUT2D eigenvalue weighted by Crippen LogP contribution is -2.44. The second-order valence-electron chi connectivity index (χ2n) is 7.30. The zero-order valence-electron chi connectivity index (χ0n) is 16.0. The molecule has 0 radical (unpaired) electrons. The van der Waals surface area contributed by atoms with Gasteiger partial charge in [0, 0.05) is 31.3 Å². The lowest BCUT2D eigenvalue weighted by Gasteiger charge is -2.31. The summed E-state index contributed by atoms with van der Waals surface area (Å²) in [5, 5.41) is 3.42. The van der Waals surface area contributed by atoms with E-state index >= 15 is 0 Å². The average molecular weight is 384 g/mol. The van der Waals surface area contributed by atoms with Crippen LogP contribution in [0.4, 0.5) is 4.39 Å². The lowest BCUT2D eigenvalue weighted by atomic mass is 10.1. The van der Waals surface area contributed by atoms with Crippen LogP contribution >= 0.6 is 0 Å². The SMILES string of the molecule is CC[C@H](Oc1ccccc1F)C(=O)N1CCc2nc([C@H]3CCCN3)ncc2C1. The zero-order chi connectivity index (χ0) is 19.5. The van der Waals surface area contributed by atoms with E-state index in [1.54, 1.807) is 23.1 Å². The number of amides is 1. The minimum absolute atomic E-state index is 0.108. The maximum absolute atomic E-state index is 13.9. The molecule has 4 rings (SSSR count). The number of rotatable bonds is 5. The van der Waals surface area contributed by atoms with Gasteiger partial charge in [-0.15, -0.1) is 0 Å². The van der Waals surface area contributed by atoms with Gasteiger partial charge in [-0.2, -0.15) is 0 Å². The lowest BCUT2D eigenvalue weighted by molar-refractivity contribution is -0.140. The highest BCUT2D eigenvalue weighted by Gasteiger charge is 2.30. The second-order valence-corrected chi connectivity index (χ2v) is 7.30. The van der Waals surface area contributed by atoms with E-state index in [1.807, 2.05) is 13.1 Å². The fourth-order valence-electron chi connectivity index (χ4n) is 3.80. The van der Waals surface area contributed by atoms with Gasteiger partial charge < -0.3 is 15.0 Å². The monoisotopic (exact) mass is 384 g/mol. The summed E-state index contributed by atoms with van der Waals surface area (Å²) in [5.41, 5.74) is 1.99. The molecule has 1 fully saturated rings. The van der Waals surface area contributed by atoms with Crippen molar-refractivity contribution in [2.24, 2.45) is 0 Å². The topological polar surface area (TPSA) is 67.3 Å². The summed E-state index contributed by atoms with van der Waals surface area (Å²) < 4.78 is 19.6. The number of hydrogen-bond acceptors (Lipinski definition) is 5. The fraction of sp³-hybridized carbons (Fsp3) is 0.476.